The summed E-state index contributed by atoms with van der Waals surface area (Å²) < 4.78 is 0. The molecule has 0 saturated carbocycles. The first-order chi connectivity index (χ1) is 4.04. The van der Waals surface area contributed by atoms with Crippen molar-refractivity contribution in [3.8, 4) is 0 Å². The van der Waals surface area contributed by atoms with Gasteiger partial charge in [-0.2, -0.15) is 0 Å². The van der Waals surface area contributed by atoms with Gasteiger partial charge in [-0.05, 0) is 0 Å². The molecule has 0 aromatic heterocycles. The summed E-state index contributed by atoms with van der Waals surface area (Å²) in [6, 6.07) is -1.29. The van der Waals surface area contributed by atoms with Crippen LogP contribution in [0.1, 0.15) is 7.85 Å². The molecule has 1 atom stereocenters. The summed E-state index contributed by atoms with van der Waals surface area (Å²) in [7, 11) is 0. The zero-order valence-electron chi connectivity index (χ0n) is 7.57. The normalized spacial score (nSPS) is 9.42. The maximum atomic E-state index is 9.85. The molecule has 8 N–H and O–H groups in total. The molecule has 70 valence electrons. The second kappa shape index (κ2) is 11.5. The molecule has 0 unspecified atom stereocenters. The van der Waals surface area contributed by atoms with Crippen LogP contribution in [-0.2, 0) is 9.59 Å². The third kappa shape index (κ3) is 13.1. The van der Waals surface area contributed by atoms with E-state index in [1.165, 1.54) is 0 Å². The maximum absolute atomic E-state index is 9.85. The molecule has 0 bridgehead atoms. The second-order valence-corrected chi connectivity index (χ2v) is 1.54. The first-order valence-electron chi connectivity index (χ1n) is 2.24. The summed E-state index contributed by atoms with van der Waals surface area (Å²) in [4.78, 5) is 19.6. The Morgan fingerprint density at radius 3 is 1.75 bits per heavy atom. The van der Waals surface area contributed by atoms with E-state index >= 15 is 0 Å². The molecule has 0 saturated heterocycles. The van der Waals surface area contributed by atoms with Gasteiger partial charge in [-0.15, -0.1) is 0 Å². The average Bonchev–Trinajstić information content (AvgIpc) is 1.63. The molecule has 0 radical (unpaired) electrons. The van der Waals surface area contributed by atoms with E-state index < -0.39 is 24.4 Å². The van der Waals surface area contributed by atoms with E-state index in [2.05, 4.69) is 0 Å². The Hall–Kier alpha value is 0.456. The molecular weight excluding hydrogens is 197 g/mol. The van der Waals surface area contributed by atoms with E-state index in [-0.39, 0.29) is 63.8 Å². The molecule has 7 nitrogen and oxygen atoms in total. The van der Waals surface area contributed by atoms with Crippen LogP contribution < -0.4 is 57.1 Å². The molecule has 0 rings (SSSR count). The van der Waals surface area contributed by atoms with Crippen molar-refractivity contribution in [2.24, 2.45) is 5.73 Å². The second-order valence-electron chi connectivity index (χ2n) is 1.54. The van der Waals surface area contributed by atoms with Gasteiger partial charge in [0, 0.05) is 0 Å². The third-order valence-electron chi connectivity index (χ3n) is 0.712. The van der Waals surface area contributed by atoms with Gasteiger partial charge in [-0.3, -0.25) is 9.59 Å². The number of rotatable bonds is 3. The molecule has 0 spiro atoms. The Kier molecular flexibility index (Phi) is 21.8. The molecule has 12 heavy (non-hydrogen) atoms. The Bertz CT molecular complexity index is 145. The van der Waals surface area contributed by atoms with Gasteiger partial charge in [0.1, 0.15) is 6.04 Å². The van der Waals surface area contributed by atoms with Crippen LogP contribution in [0.25, 0.3) is 0 Å². The van der Waals surface area contributed by atoms with E-state index in [1.807, 2.05) is 0 Å². The first kappa shape index (κ1) is 22.9. The molecular formula is C4H12KNO6. The first-order valence-corrected chi connectivity index (χ1v) is 2.24. The summed E-state index contributed by atoms with van der Waals surface area (Å²) >= 11 is 0. The number of carbonyl (C=O) groups is 2. The van der Waals surface area contributed by atoms with E-state index in [1.54, 1.807) is 0 Å². The van der Waals surface area contributed by atoms with Crippen molar-refractivity contribution in [3.63, 3.8) is 0 Å². The standard InChI is InChI=1S/C4H7NO4.K.2H2O.H/c5-2(4(8)9)1-3(6)7;;;;/h2H,1,5H2,(H,6,7)(H,8,9);;2*1H2;/q;+1;;;-1/t2-;;;;/m0..../s1. The summed E-state index contributed by atoms with van der Waals surface area (Å²) in [6.45, 7) is 0. The quantitative estimate of drug-likeness (QED) is 0.393. The van der Waals surface area contributed by atoms with Gasteiger partial charge >= 0.3 is 63.3 Å². The Morgan fingerprint density at radius 2 is 1.67 bits per heavy atom. The summed E-state index contributed by atoms with van der Waals surface area (Å²) in [6.07, 6.45) is -0.532. The van der Waals surface area contributed by atoms with Crippen LogP contribution >= 0.6 is 0 Å². The molecule has 0 aliphatic carbocycles. The number of aliphatic carboxylic acids is 2. The van der Waals surface area contributed by atoms with Gasteiger partial charge in [0.05, 0.1) is 6.42 Å². The fraction of sp³-hybridized carbons (Fsp3) is 0.500. The number of carboxylic acid groups (broad SMARTS) is 2. The minimum absolute atomic E-state index is 0. The largest absolute Gasteiger partial charge is 1.00 e. The monoisotopic (exact) mass is 209 g/mol. The molecule has 8 heteroatoms. The van der Waals surface area contributed by atoms with Gasteiger partial charge in [-0.1, -0.05) is 0 Å². The van der Waals surface area contributed by atoms with Crippen molar-refractivity contribution in [2.45, 2.75) is 12.5 Å². The fourth-order valence-electron chi connectivity index (χ4n) is 0.275. The molecule has 0 aromatic rings. The molecule has 0 fully saturated rings. The van der Waals surface area contributed by atoms with Gasteiger partial charge in [0.15, 0.2) is 0 Å². The molecule has 0 aliphatic rings. The summed E-state index contributed by atoms with van der Waals surface area (Å²) in [5, 5.41) is 16.0. The predicted molar refractivity (Wildman–Crippen MR) is 36.2 cm³/mol. The van der Waals surface area contributed by atoms with Crippen LogP contribution in [0, 0.1) is 0 Å². The zero-order valence-corrected chi connectivity index (χ0v) is 9.70. The van der Waals surface area contributed by atoms with E-state index in [0.717, 1.165) is 0 Å². The van der Waals surface area contributed by atoms with Gasteiger partial charge in [0.2, 0.25) is 0 Å². The van der Waals surface area contributed by atoms with Crippen molar-refractivity contribution in [1.29, 1.82) is 0 Å². The Morgan fingerprint density at radius 1 is 1.33 bits per heavy atom. The SMILES string of the molecule is N[C@@H](CC(=O)O)C(=O)O.O.O.[H-].[K+]. The van der Waals surface area contributed by atoms with E-state index in [4.69, 9.17) is 15.9 Å². The van der Waals surface area contributed by atoms with Crippen molar-refractivity contribution in [2.75, 3.05) is 0 Å². The minimum Gasteiger partial charge on any atom is -1.00 e. The fourth-order valence-corrected chi connectivity index (χ4v) is 0.275. The van der Waals surface area contributed by atoms with Crippen LogP contribution in [0.15, 0.2) is 0 Å². The number of hydrogen-bond acceptors (Lipinski definition) is 3. The van der Waals surface area contributed by atoms with Crippen LogP contribution in [-0.4, -0.2) is 39.1 Å². The van der Waals surface area contributed by atoms with Crippen molar-refractivity contribution in [1.82, 2.24) is 0 Å². The average molecular weight is 209 g/mol. The topological polar surface area (TPSA) is 164 Å². The minimum atomic E-state index is -1.29. The van der Waals surface area contributed by atoms with Gasteiger partial charge < -0.3 is 28.3 Å². The van der Waals surface area contributed by atoms with Gasteiger partial charge in [-0.25, -0.2) is 0 Å². The van der Waals surface area contributed by atoms with Crippen molar-refractivity contribution >= 4 is 11.9 Å². The van der Waals surface area contributed by atoms with Crippen LogP contribution in [0.5, 0.6) is 0 Å². The van der Waals surface area contributed by atoms with Crippen molar-refractivity contribution < 1.29 is 83.6 Å². The Labute approximate surface area is 112 Å². The number of carboxylic acids is 2. The smallest absolute Gasteiger partial charge is 1.00 e. The summed E-state index contributed by atoms with van der Waals surface area (Å²) in [5.41, 5.74) is 4.84. The van der Waals surface area contributed by atoms with E-state index in [9.17, 15) is 9.59 Å². The number of nitrogens with two attached hydrogens (primary N) is 1. The van der Waals surface area contributed by atoms with Crippen LogP contribution in [0.4, 0.5) is 0 Å². The van der Waals surface area contributed by atoms with E-state index in [0.29, 0.717) is 0 Å². The zero-order chi connectivity index (χ0) is 7.44. The number of hydrogen-bond donors (Lipinski definition) is 3. The molecule has 0 aromatic carbocycles. The summed E-state index contributed by atoms with van der Waals surface area (Å²) in [5.74, 6) is -2.50. The van der Waals surface area contributed by atoms with Crippen LogP contribution in [0.3, 0.4) is 0 Å². The predicted octanol–water partition coefficient (Wildman–Crippen LogP) is -5.66. The third-order valence-corrected chi connectivity index (χ3v) is 0.712. The van der Waals surface area contributed by atoms with Crippen LogP contribution in [0.2, 0.25) is 0 Å². The molecule has 0 aliphatic heterocycles. The van der Waals surface area contributed by atoms with Crippen molar-refractivity contribution in [3.05, 3.63) is 0 Å². The van der Waals surface area contributed by atoms with Gasteiger partial charge in [0.25, 0.3) is 0 Å². The molecule has 0 amide bonds. The maximum Gasteiger partial charge on any atom is 1.00 e. The molecule has 0 heterocycles. The Balaban J connectivity index is -0.0000000533.